The van der Waals surface area contributed by atoms with Crippen molar-refractivity contribution in [2.75, 3.05) is 7.11 Å². The second-order valence-electron chi connectivity index (χ2n) is 6.18. The Labute approximate surface area is 152 Å². The Morgan fingerprint density at radius 2 is 1.65 bits per heavy atom. The zero-order valence-corrected chi connectivity index (χ0v) is 14.3. The lowest BCUT2D eigenvalue weighted by molar-refractivity contribution is -0.156. The number of carbonyl (C=O) groups is 1. The topological polar surface area (TPSA) is 55.8 Å². The molecule has 0 saturated carbocycles. The highest BCUT2D eigenvalue weighted by Gasteiger charge is 2.54. The van der Waals surface area contributed by atoms with E-state index in [1.807, 2.05) is 60.7 Å². The molecule has 1 atom stereocenters. The average Bonchev–Trinajstić information content (AvgIpc) is 3.02. The largest absolute Gasteiger partial charge is 0.492 e. The summed E-state index contributed by atoms with van der Waals surface area (Å²) in [5, 5.41) is 10.4. The molecule has 0 radical (unpaired) electrons. The second-order valence-corrected chi connectivity index (χ2v) is 6.18. The number of methoxy groups -OCH3 is 1. The van der Waals surface area contributed by atoms with Gasteiger partial charge in [0.05, 0.1) is 7.11 Å². The lowest BCUT2D eigenvalue weighted by atomic mass is 9.77. The first-order valence-corrected chi connectivity index (χ1v) is 8.36. The molecule has 0 spiro atoms. The van der Waals surface area contributed by atoms with Gasteiger partial charge in [-0.1, -0.05) is 72.8 Å². The van der Waals surface area contributed by atoms with E-state index in [1.54, 1.807) is 18.2 Å². The SMILES string of the molecule is COC(=O)C1(c2cccc(-c3ccccc3)c2)OB(O)c2ccccc21. The van der Waals surface area contributed by atoms with Gasteiger partial charge in [0.1, 0.15) is 0 Å². The van der Waals surface area contributed by atoms with Gasteiger partial charge in [-0.25, -0.2) is 4.79 Å². The summed E-state index contributed by atoms with van der Waals surface area (Å²) in [7, 11) is 0.132. The first-order valence-electron chi connectivity index (χ1n) is 8.36. The van der Waals surface area contributed by atoms with E-state index in [-0.39, 0.29) is 0 Å². The van der Waals surface area contributed by atoms with Crippen molar-refractivity contribution in [3.05, 3.63) is 90.0 Å². The minimum absolute atomic E-state index is 0.563. The fourth-order valence-electron chi connectivity index (χ4n) is 3.52. The fourth-order valence-corrected chi connectivity index (χ4v) is 3.52. The highest BCUT2D eigenvalue weighted by atomic mass is 16.6. The lowest BCUT2D eigenvalue weighted by Gasteiger charge is -2.28. The van der Waals surface area contributed by atoms with Crippen LogP contribution in [0.1, 0.15) is 11.1 Å². The molecule has 3 aromatic rings. The molecule has 0 saturated heterocycles. The van der Waals surface area contributed by atoms with Crippen molar-refractivity contribution < 1.29 is 19.2 Å². The summed E-state index contributed by atoms with van der Waals surface area (Å²) in [6.45, 7) is 0. The highest BCUT2D eigenvalue weighted by Crippen LogP contribution is 2.40. The van der Waals surface area contributed by atoms with Crippen LogP contribution >= 0.6 is 0 Å². The van der Waals surface area contributed by atoms with Crippen molar-refractivity contribution in [2.24, 2.45) is 0 Å². The summed E-state index contributed by atoms with van der Waals surface area (Å²) in [5.74, 6) is -0.563. The van der Waals surface area contributed by atoms with Crippen LogP contribution in [0.25, 0.3) is 11.1 Å². The third-order valence-corrected chi connectivity index (χ3v) is 4.74. The van der Waals surface area contributed by atoms with Crippen molar-refractivity contribution in [2.45, 2.75) is 5.60 Å². The number of esters is 1. The Kier molecular flexibility index (Phi) is 4.11. The van der Waals surface area contributed by atoms with Crippen LogP contribution in [-0.4, -0.2) is 25.2 Å². The Morgan fingerprint density at radius 1 is 0.962 bits per heavy atom. The maximum atomic E-state index is 12.8. The molecule has 128 valence electrons. The number of hydrogen-bond acceptors (Lipinski definition) is 4. The molecule has 0 fully saturated rings. The average molecular weight is 344 g/mol. The second kappa shape index (κ2) is 6.44. The number of benzene rings is 3. The first kappa shape index (κ1) is 16.6. The van der Waals surface area contributed by atoms with Gasteiger partial charge in [-0.15, -0.1) is 0 Å². The molecule has 3 aromatic carbocycles. The van der Waals surface area contributed by atoms with Gasteiger partial charge >= 0.3 is 13.1 Å². The van der Waals surface area contributed by atoms with E-state index < -0.39 is 18.7 Å². The maximum absolute atomic E-state index is 12.8. The summed E-state index contributed by atoms with van der Waals surface area (Å²) in [4.78, 5) is 12.8. The number of ether oxygens (including phenoxy) is 1. The van der Waals surface area contributed by atoms with E-state index in [0.717, 1.165) is 11.1 Å². The van der Waals surface area contributed by atoms with Gasteiger partial charge in [0.15, 0.2) is 0 Å². The van der Waals surface area contributed by atoms with Gasteiger partial charge in [-0.3, -0.25) is 0 Å². The summed E-state index contributed by atoms with van der Waals surface area (Å²) >= 11 is 0. The van der Waals surface area contributed by atoms with Crippen LogP contribution in [0.4, 0.5) is 0 Å². The fraction of sp³-hybridized carbons (Fsp3) is 0.0952. The molecule has 1 unspecified atom stereocenters. The number of rotatable bonds is 3. The first-order chi connectivity index (χ1) is 12.7. The van der Waals surface area contributed by atoms with Gasteiger partial charge in [-0.05, 0) is 33.8 Å². The summed E-state index contributed by atoms with van der Waals surface area (Å²) < 4.78 is 10.9. The minimum atomic E-state index is -1.49. The summed E-state index contributed by atoms with van der Waals surface area (Å²) in [6.07, 6.45) is 0. The quantitative estimate of drug-likeness (QED) is 0.586. The van der Waals surface area contributed by atoms with Crippen LogP contribution in [-0.2, 0) is 19.8 Å². The molecule has 1 N–H and O–H groups in total. The zero-order chi connectivity index (χ0) is 18.1. The van der Waals surface area contributed by atoms with E-state index in [2.05, 4.69) is 0 Å². The third-order valence-electron chi connectivity index (χ3n) is 4.74. The number of fused-ring (bicyclic) bond motifs is 1. The molecule has 4 rings (SSSR count). The van der Waals surface area contributed by atoms with Crippen molar-refractivity contribution in [3.8, 4) is 11.1 Å². The highest BCUT2D eigenvalue weighted by molar-refractivity contribution is 6.62. The van der Waals surface area contributed by atoms with Gasteiger partial charge in [0.25, 0.3) is 0 Å². The van der Waals surface area contributed by atoms with E-state index in [9.17, 15) is 9.82 Å². The van der Waals surface area contributed by atoms with Crippen LogP contribution in [0.15, 0.2) is 78.9 Å². The van der Waals surface area contributed by atoms with E-state index in [0.29, 0.717) is 16.6 Å². The summed E-state index contributed by atoms with van der Waals surface area (Å²) in [5.41, 5.74) is 2.28. The molecule has 26 heavy (non-hydrogen) atoms. The molecule has 1 aliphatic rings. The predicted molar refractivity (Wildman–Crippen MR) is 99.8 cm³/mol. The van der Waals surface area contributed by atoms with Crippen molar-refractivity contribution in [1.29, 1.82) is 0 Å². The molecule has 0 amide bonds. The molecule has 0 aliphatic carbocycles. The molecule has 4 nitrogen and oxygen atoms in total. The van der Waals surface area contributed by atoms with Crippen molar-refractivity contribution in [3.63, 3.8) is 0 Å². The van der Waals surface area contributed by atoms with Crippen LogP contribution < -0.4 is 5.46 Å². The normalized spacial score (nSPS) is 18.5. The molecule has 0 bridgehead atoms. The van der Waals surface area contributed by atoms with E-state index >= 15 is 0 Å². The molecule has 1 aliphatic heterocycles. The summed E-state index contributed by atoms with van der Waals surface area (Å²) in [6, 6.07) is 24.6. The van der Waals surface area contributed by atoms with E-state index in [1.165, 1.54) is 7.11 Å². The maximum Gasteiger partial charge on any atom is 0.492 e. The zero-order valence-electron chi connectivity index (χ0n) is 14.3. The molecule has 0 aromatic heterocycles. The van der Waals surface area contributed by atoms with Crippen LogP contribution in [0.3, 0.4) is 0 Å². The van der Waals surface area contributed by atoms with Crippen molar-refractivity contribution >= 4 is 18.6 Å². The van der Waals surface area contributed by atoms with Gasteiger partial charge in [0.2, 0.25) is 5.60 Å². The van der Waals surface area contributed by atoms with Crippen molar-refractivity contribution in [1.82, 2.24) is 0 Å². The van der Waals surface area contributed by atoms with Gasteiger partial charge in [0, 0.05) is 0 Å². The Bertz CT molecular complexity index is 957. The molecule has 5 heteroatoms. The third kappa shape index (κ3) is 2.44. The van der Waals surface area contributed by atoms with Crippen LogP contribution in [0.2, 0.25) is 0 Å². The van der Waals surface area contributed by atoms with Gasteiger partial charge in [-0.2, -0.15) is 0 Å². The standard InChI is InChI=1S/C21H17BO4/c1-25-20(23)21(18-12-5-6-13-19(18)22(24)26-21)17-11-7-10-16(14-17)15-8-3-2-4-9-15/h2-14,24H,1H3. The number of hydrogen-bond donors (Lipinski definition) is 1. The number of carbonyl (C=O) groups excluding carboxylic acids is 1. The molecular formula is C21H17BO4. The van der Waals surface area contributed by atoms with Crippen LogP contribution in [0.5, 0.6) is 0 Å². The lowest BCUT2D eigenvalue weighted by Crippen LogP contribution is -2.39. The van der Waals surface area contributed by atoms with Crippen LogP contribution in [0, 0.1) is 0 Å². The predicted octanol–water partition coefficient (Wildman–Crippen LogP) is 2.49. The smallest absolute Gasteiger partial charge is 0.466 e. The Hall–Kier alpha value is -2.89. The monoisotopic (exact) mass is 344 g/mol. The molecular weight excluding hydrogens is 327 g/mol. The minimum Gasteiger partial charge on any atom is -0.466 e. The molecule has 1 heterocycles. The Balaban J connectivity index is 1.92. The van der Waals surface area contributed by atoms with E-state index in [4.69, 9.17) is 9.39 Å². The van der Waals surface area contributed by atoms with Gasteiger partial charge < -0.3 is 14.4 Å². The Morgan fingerprint density at radius 3 is 2.42 bits per heavy atom.